The van der Waals surface area contributed by atoms with Crippen LogP contribution in [0.15, 0.2) is 36.4 Å². The molecule has 0 spiro atoms. The van der Waals surface area contributed by atoms with Crippen molar-refractivity contribution in [1.29, 1.82) is 0 Å². The second-order valence-electron chi connectivity index (χ2n) is 7.12. The molecule has 0 aromatic heterocycles. The molecule has 2 aromatic rings. The Labute approximate surface area is 179 Å². The molecule has 31 heavy (non-hydrogen) atoms. The fourth-order valence-corrected chi connectivity index (χ4v) is 3.07. The Morgan fingerprint density at radius 2 is 1.84 bits per heavy atom. The molecule has 2 atom stereocenters. The van der Waals surface area contributed by atoms with Crippen LogP contribution in [0, 0.1) is 12.7 Å². The summed E-state index contributed by atoms with van der Waals surface area (Å²) in [5.41, 5.74) is 13.5. The number of phenols is 1. The molecule has 0 aliphatic carbocycles. The third-order valence-corrected chi connectivity index (χ3v) is 4.83. The average molecular weight is 430 g/mol. The van der Waals surface area contributed by atoms with E-state index in [0.29, 0.717) is 35.9 Å². The van der Waals surface area contributed by atoms with Crippen LogP contribution in [0.5, 0.6) is 5.75 Å². The fourth-order valence-electron chi connectivity index (χ4n) is 3.07. The van der Waals surface area contributed by atoms with Crippen molar-refractivity contribution in [1.82, 2.24) is 10.6 Å². The molecule has 0 radical (unpaired) electrons. The Hall–Kier alpha value is -3.30. The van der Waals surface area contributed by atoms with Gasteiger partial charge in [0, 0.05) is 5.56 Å². The smallest absolute Gasteiger partial charge is 0.242 e. The van der Waals surface area contributed by atoms with Gasteiger partial charge in [-0.2, -0.15) is 0 Å². The van der Waals surface area contributed by atoms with Gasteiger partial charge in [-0.25, -0.2) is 4.39 Å². The highest BCUT2D eigenvalue weighted by Crippen LogP contribution is 2.30. The molecule has 1 unspecified atom stereocenters. The van der Waals surface area contributed by atoms with E-state index in [2.05, 4.69) is 10.6 Å². The summed E-state index contributed by atoms with van der Waals surface area (Å²) in [4.78, 5) is 35.4. The molecule has 0 aliphatic heterocycles. The first-order valence-corrected chi connectivity index (χ1v) is 9.85. The zero-order chi connectivity index (χ0) is 23.0. The first kappa shape index (κ1) is 24.0. The van der Waals surface area contributed by atoms with Crippen LogP contribution in [0.1, 0.15) is 30.0 Å². The molecule has 2 amide bonds. The standard InChI is InChI=1S/C22H27FN4O4/c1-13-11-14(4-6-17(13)23)15-5-7-19(29)16(12-15)20(25)22(31)27-18(3-2-8-24)21(30)26-9-10-28/h4-7,10-12,18,20,29H,2-3,8-9,24-25H2,1H3,(H,26,30)(H,27,31)/t18-,20?/m0/s1. The van der Waals surface area contributed by atoms with Crippen molar-refractivity contribution in [3.05, 3.63) is 53.3 Å². The second kappa shape index (κ2) is 11.2. The Morgan fingerprint density at radius 1 is 1.16 bits per heavy atom. The van der Waals surface area contributed by atoms with Crippen LogP contribution in [0.3, 0.4) is 0 Å². The van der Waals surface area contributed by atoms with E-state index >= 15 is 0 Å². The van der Waals surface area contributed by atoms with E-state index in [1.54, 1.807) is 31.2 Å². The molecule has 9 heteroatoms. The lowest BCUT2D eigenvalue weighted by atomic mass is 9.97. The number of rotatable bonds is 10. The number of halogens is 1. The molecular formula is C22H27FN4O4. The molecule has 0 fully saturated rings. The summed E-state index contributed by atoms with van der Waals surface area (Å²) in [6.45, 7) is 1.77. The highest BCUT2D eigenvalue weighted by Gasteiger charge is 2.26. The van der Waals surface area contributed by atoms with Crippen molar-refractivity contribution in [2.75, 3.05) is 13.1 Å². The molecule has 0 saturated heterocycles. The van der Waals surface area contributed by atoms with E-state index in [1.165, 1.54) is 12.1 Å². The Balaban J connectivity index is 2.24. The van der Waals surface area contributed by atoms with E-state index in [9.17, 15) is 23.9 Å². The summed E-state index contributed by atoms with van der Waals surface area (Å²) in [7, 11) is 0. The number of hydrogen-bond acceptors (Lipinski definition) is 6. The predicted octanol–water partition coefficient (Wildman–Crippen LogP) is 1.05. The largest absolute Gasteiger partial charge is 0.508 e. The number of nitrogens with two attached hydrogens (primary N) is 2. The zero-order valence-electron chi connectivity index (χ0n) is 17.2. The zero-order valence-corrected chi connectivity index (χ0v) is 17.2. The number of hydrogen-bond donors (Lipinski definition) is 5. The van der Waals surface area contributed by atoms with Gasteiger partial charge in [0.05, 0.1) is 6.54 Å². The monoisotopic (exact) mass is 430 g/mol. The number of benzene rings is 2. The number of aldehydes is 1. The quantitative estimate of drug-likeness (QED) is 0.356. The molecule has 7 N–H and O–H groups in total. The highest BCUT2D eigenvalue weighted by atomic mass is 19.1. The van der Waals surface area contributed by atoms with Crippen LogP contribution in [-0.2, 0) is 14.4 Å². The van der Waals surface area contributed by atoms with Gasteiger partial charge in [0.1, 0.15) is 29.9 Å². The normalized spacial score (nSPS) is 12.6. The Morgan fingerprint density at radius 3 is 2.48 bits per heavy atom. The van der Waals surface area contributed by atoms with Gasteiger partial charge < -0.3 is 32.0 Å². The van der Waals surface area contributed by atoms with Gasteiger partial charge in [0.25, 0.3) is 0 Å². The lowest BCUT2D eigenvalue weighted by molar-refractivity contribution is -0.130. The van der Waals surface area contributed by atoms with Gasteiger partial charge in [0.2, 0.25) is 11.8 Å². The molecule has 2 rings (SSSR count). The first-order chi connectivity index (χ1) is 14.8. The van der Waals surface area contributed by atoms with Crippen molar-refractivity contribution in [2.24, 2.45) is 11.5 Å². The van der Waals surface area contributed by atoms with Gasteiger partial charge >= 0.3 is 0 Å². The molecule has 0 bridgehead atoms. The van der Waals surface area contributed by atoms with Gasteiger partial charge in [-0.05, 0) is 67.3 Å². The van der Waals surface area contributed by atoms with E-state index in [4.69, 9.17) is 11.5 Å². The predicted molar refractivity (Wildman–Crippen MR) is 114 cm³/mol. The first-order valence-electron chi connectivity index (χ1n) is 9.85. The van der Waals surface area contributed by atoms with Crippen molar-refractivity contribution >= 4 is 18.1 Å². The lowest BCUT2D eigenvalue weighted by Crippen LogP contribution is -2.49. The van der Waals surface area contributed by atoms with E-state index in [-0.39, 0.29) is 30.1 Å². The summed E-state index contributed by atoms with van der Waals surface area (Å²) < 4.78 is 13.6. The molecule has 0 saturated carbocycles. The summed E-state index contributed by atoms with van der Waals surface area (Å²) in [6.07, 6.45) is 1.27. The van der Waals surface area contributed by atoms with Crippen LogP contribution < -0.4 is 22.1 Å². The van der Waals surface area contributed by atoms with Gasteiger partial charge in [-0.1, -0.05) is 12.1 Å². The number of carbonyl (C=O) groups excluding carboxylic acids is 3. The number of amides is 2. The summed E-state index contributed by atoms with van der Waals surface area (Å²) in [5.74, 6) is -1.73. The minimum atomic E-state index is -1.26. The van der Waals surface area contributed by atoms with Crippen molar-refractivity contribution < 1.29 is 23.9 Å². The molecule has 166 valence electrons. The minimum absolute atomic E-state index is 0.155. The van der Waals surface area contributed by atoms with Crippen LogP contribution in [0.25, 0.3) is 11.1 Å². The Bertz CT molecular complexity index is 951. The number of aromatic hydroxyl groups is 1. The second-order valence-corrected chi connectivity index (χ2v) is 7.12. The SMILES string of the molecule is Cc1cc(-c2ccc(O)c(C(N)C(=O)N[C@@H](CCCN)C(=O)NCC=O)c2)ccc1F. The van der Waals surface area contributed by atoms with Crippen molar-refractivity contribution in [3.63, 3.8) is 0 Å². The van der Waals surface area contributed by atoms with Crippen LogP contribution >= 0.6 is 0 Å². The lowest BCUT2D eigenvalue weighted by Gasteiger charge is -2.21. The minimum Gasteiger partial charge on any atom is -0.508 e. The molecule has 0 heterocycles. The third-order valence-electron chi connectivity index (χ3n) is 4.83. The number of aryl methyl sites for hydroxylation is 1. The van der Waals surface area contributed by atoms with E-state index in [1.807, 2.05) is 0 Å². The van der Waals surface area contributed by atoms with Crippen molar-refractivity contribution in [3.8, 4) is 16.9 Å². The molecule has 0 aliphatic rings. The Kier molecular flexibility index (Phi) is 8.65. The maximum atomic E-state index is 13.6. The summed E-state index contributed by atoms with van der Waals surface area (Å²) in [5, 5.41) is 15.2. The number of carbonyl (C=O) groups is 3. The highest BCUT2D eigenvalue weighted by molar-refractivity contribution is 5.91. The topological polar surface area (TPSA) is 148 Å². The van der Waals surface area contributed by atoms with E-state index < -0.39 is 23.9 Å². The van der Waals surface area contributed by atoms with Crippen LogP contribution in [0.2, 0.25) is 0 Å². The summed E-state index contributed by atoms with van der Waals surface area (Å²) >= 11 is 0. The van der Waals surface area contributed by atoms with Crippen LogP contribution in [0.4, 0.5) is 4.39 Å². The van der Waals surface area contributed by atoms with Gasteiger partial charge in [-0.3, -0.25) is 9.59 Å². The van der Waals surface area contributed by atoms with Crippen LogP contribution in [-0.4, -0.2) is 42.3 Å². The number of nitrogens with one attached hydrogen (secondary N) is 2. The van der Waals surface area contributed by atoms with Crippen molar-refractivity contribution in [2.45, 2.75) is 31.8 Å². The molecule has 8 nitrogen and oxygen atoms in total. The molecule has 2 aromatic carbocycles. The maximum absolute atomic E-state index is 13.6. The fraction of sp³-hybridized carbons (Fsp3) is 0.318. The van der Waals surface area contributed by atoms with E-state index in [0.717, 1.165) is 0 Å². The number of phenolic OH excluding ortho intramolecular Hbond substituents is 1. The summed E-state index contributed by atoms with van der Waals surface area (Å²) in [6, 6.07) is 6.97. The van der Waals surface area contributed by atoms with Gasteiger partial charge in [0.15, 0.2) is 0 Å². The third kappa shape index (κ3) is 6.34. The maximum Gasteiger partial charge on any atom is 0.242 e. The average Bonchev–Trinajstić information content (AvgIpc) is 2.76. The van der Waals surface area contributed by atoms with Gasteiger partial charge in [-0.15, -0.1) is 0 Å². The molecular weight excluding hydrogens is 403 g/mol.